The van der Waals surface area contributed by atoms with Crippen molar-refractivity contribution in [3.8, 4) is 11.5 Å². The molecule has 5 aromatic rings. The first kappa shape index (κ1) is 40.3. The lowest BCUT2D eigenvalue weighted by Crippen LogP contribution is -2.60. The van der Waals surface area contributed by atoms with Crippen LogP contribution in [0, 0.1) is 29.1 Å². The summed E-state index contributed by atoms with van der Waals surface area (Å²) < 4.78 is 13.4. The Hall–Kier alpha value is -4.13. The Kier molecular flexibility index (Phi) is 11.4. The van der Waals surface area contributed by atoms with Crippen LogP contribution < -0.4 is 4.74 Å². The van der Waals surface area contributed by atoms with Gasteiger partial charge in [-0.1, -0.05) is 93.2 Å². The van der Waals surface area contributed by atoms with Crippen molar-refractivity contribution in [2.45, 2.75) is 134 Å². The van der Waals surface area contributed by atoms with Crippen LogP contribution >= 0.6 is 11.8 Å². The largest absolute Gasteiger partial charge is 0.508 e. The van der Waals surface area contributed by atoms with E-state index in [4.69, 9.17) is 9.47 Å². The highest BCUT2D eigenvalue weighted by atomic mass is 32.2. The molecule has 4 saturated carbocycles. The lowest BCUT2D eigenvalue weighted by atomic mass is 9.49. The highest BCUT2D eigenvalue weighted by molar-refractivity contribution is 8.04. The zero-order valence-electron chi connectivity index (χ0n) is 35.1. The maximum absolute atomic E-state index is 14.9. The van der Waals surface area contributed by atoms with Crippen LogP contribution in [0.15, 0.2) is 146 Å². The average Bonchev–Trinajstić information content (AvgIpc) is 3.25. The predicted molar refractivity (Wildman–Crippen MR) is 239 cm³/mol. The summed E-state index contributed by atoms with van der Waals surface area (Å²) in [5.41, 5.74) is 2.51. The fourth-order valence-corrected chi connectivity index (χ4v) is 15.3. The van der Waals surface area contributed by atoms with Crippen LogP contribution in [0.2, 0.25) is 0 Å². The van der Waals surface area contributed by atoms with E-state index in [-0.39, 0.29) is 40.1 Å². The summed E-state index contributed by atoms with van der Waals surface area (Å²) in [7, 11) is -0.160. The molecule has 6 heteroatoms. The Morgan fingerprint density at radius 2 is 1.34 bits per heavy atom. The summed E-state index contributed by atoms with van der Waals surface area (Å²) in [6.07, 6.45) is 9.52. The molecular weight excluding hydrogens is 765 g/mol. The summed E-state index contributed by atoms with van der Waals surface area (Å²) in [6.45, 7) is 9.38. The SMILES string of the molecule is CCC(CC(C)(CC(C)c1ccc(O)cc1)C(=O)OC1(CC)C2CC3CC(C2)CC1C3)c1ccc(COc2ccc([S+]3c4ccccc4Sc4ccccc43)cc2)cc1. The number of carbonyl (C=O) groups is 1. The van der Waals surface area contributed by atoms with Gasteiger partial charge in [0.25, 0.3) is 0 Å². The molecule has 5 aliphatic rings. The van der Waals surface area contributed by atoms with E-state index in [0.29, 0.717) is 24.9 Å². The third-order valence-corrected chi connectivity index (χ3v) is 18.3. The molecule has 4 bridgehead atoms. The minimum Gasteiger partial charge on any atom is -0.508 e. The van der Waals surface area contributed by atoms with Gasteiger partial charge in [-0.2, -0.15) is 0 Å². The maximum Gasteiger partial charge on any atom is 0.312 e. The van der Waals surface area contributed by atoms with Crippen molar-refractivity contribution in [2.24, 2.45) is 29.1 Å². The number of fused-ring (bicyclic) bond motifs is 2. The minimum atomic E-state index is -0.677. The molecular formula is C53H59O4S2+. The highest BCUT2D eigenvalue weighted by Crippen LogP contribution is 2.61. The normalized spacial score (nSPS) is 25.0. The molecule has 5 aromatic carbocycles. The van der Waals surface area contributed by atoms with Crippen molar-refractivity contribution in [2.75, 3.05) is 0 Å². The molecule has 4 fully saturated rings. The van der Waals surface area contributed by atoms with Gasteiger partial charge in [0.2, 0.25) is 0 Å². The Balaban J connectivity index is 0.898. The Bertz CT molecular complexity index is 2180. The predicted octanol–water partition coefficient (Wildman–Crippen LogP) is 13.8. The van der Waals surface area contributed by atoms with Gasteiger partial charge in [-0.25, -0.2) is 0 Å². The number of benzene rings is 5. The zero-order chi connectivity index (χ0) is 40.7. The summed E-state index contributed by atoms with van der Waals surface area (Å²) >= 11 is 1.86. The van der Waals surface area contributed by atoms with Gasteiger partial charge >= 0.3 is 5.97 Å². The number of hydrogen-bond donors (Lipinski definition) is 1. The van der Waals surface area contributed by atoms with Gasteiger partial charge in [0.15, 0.2) is 14.7 Å². The van der Waals surface area contributed by atoms with Crippen LogP contribution in [0.4, 0.5) is 0 Å². The number of phenols is 1. The van der Waals surface area contributed by atoms with Gasteiger partial charge in [0.05, 0.1) is 15.2 Å². The number of phenolic OH excluding ortho intramolecular Hbond substituents is 1. The quantitative estimate of drug-likeness (QED) is 0.0876. The van der Waals surface area contributed by atoms with E-state index in [9.17, 15) is 9.90 Å². The Labute approximate surface area is 358 Å². The number of esters is 1. The van der Waals surface area contributed by atoms with Gasteiger partial charge in [-0.05, 0) is 178 Å². The number of aromatic hydroxyl groups is 1. The maximum atomic E-state index is 14.9. The first-order valence-corrected chi connectivity index (χ1v) is 24.1. The molecule has 1 aliphatic heterocycles. The summed E-state index contributed by atoms with van der Waals surface area (Å²) in [6, 6.07) is 42.6. The van der Waals surface area contributed by atoms with Crippen molar-refractivity contribution in [1.29, 1.82) is 0 Å². The third kappa shape index (κ3) is 7.97. The Morgan fingerprint density at radius 3 is 1.92 bits per heavy atom. The van der Waals surface area contributed by atoms with Crippen LogP contribution in [0.25, 0.3) is 0 Å². The fourth-order valence-electron chi connectivity index (χ4n) is 11.6. The van der Waals surface area contributed by atoms with Gasteiger partial charge < -0.3 is 14.6 Å². The molecule has 0 spiro atoms. The standard InChI is InChI=1S/C53H58O4S2/c1-5-39(33-52(4,32-35(3)40-19-21-44(54)22-20-40)51(55)57-53(6-2)42-28-37-27-38(30-42)31-43(53)29-37)41-17-15-36(16-18-41)34-56-45-23-25-46(26-24-45)59-49-13-9-7-11-47(49)58-48-12-8-10-14-50(48)59/h7-26,35,37-39,42-43H,5-6,27-34H2,1-4H3/p+1. The van der Waals surface area contributed by atoms with E-state index in [0.717, 1.165) is 48.0 Å². The second kappa shape index (κ2) is 16.7. The number of ether oxygens (including phenoxy) is 2. The lowest BCUT2D eigenvalue weighted by Gasteiger charge is -2.60. The number of rotatable bonds is 14. The van der Waals surface area contributed by atoms with Crippen LogP contribution in [-0.4, -0.2) is 16.7 Å². The molecule has 10 rings (SSSR count). The van der Waals surface area contributed by atoms with E-state index in [1.807, 2.05) is 23.9 Å². The second-order valence-electron chi connectivity index (χ2n) is 18.4. The monoisotopic (exact) mass is 823 g/mol. The van der Waals surface area contributed by atoms with Crippen molar-refractivity contribution >= 4 is 28.6 Å². The van der Waals surface area contributed by atoms with E-state index >= 15 is 0 Å². The molecule has 4 nitrogen and oxygen atoms in total. The first-order valence-electron chi connectivity index (χ1n) is 22.1. The van der Waals surface area contributed by atoms with Crippen molar-refractivity contribution < 1.29 is 19.4 Å². The molecule has 0 amide bonds. The van der Waals surface area contributed by atoms with Crippen LogP contribution in [0.3, 0.4) is 0 Å². The number of hydrogen-bond acceptors (Lipinski definition) is 5. The fraction of sp³-hybridized carbons (Fsp3) is 0.415. The first-order chi connectivity index (χ1) is 28.6. The topological polar surface area (TPSA) is 55.8 Å². The molecule has 0 saturated heterocycles. The molecule has 1 heterocycles. The molecule has 59 heavy (non-hydrogen) atoms. The summed E-state index contributed by atoms with van der Waals surface area (Å²) in [5.74, 6) is 4.07. The van der Waals surface area contributed by atoms with Gasteiger partial charge in [-0.15, -0.1) is 0 Å². The van der Waals surface area contributed by atoms with Crippen molar-refractivity contribution in [3.63, 3.8) is 0 Å². The molecule has 0 aromatic heterocycles. The highest BCUT2D eigenvalue weighted by Gasteiger charge is 2.59. The molecule has 306 valence electrons. The molecule has 0 radical (unpaired) electrons. The van der Waals surface area contributed by atoms with E-state index in [1.165, 1.54) is 62.1 Å². The van der Waals surface area contributed by atoms with Crippen LogP contribution in [0.1, 0.15) is 114 Å². The van der Waals surface area contributed by atoms with Crippen LogP contribution in [-0.2, 0) is 27.0 Å². The van der Waals surface area contributed by atoms with Gasteiger partial charge in [0.1, 0.15) is 34.6 Å². The third-order valence-electron chi connectivity index (χ3n) is 14.5. The Morgan fingerprint density at radius 1 is 0.763 bits per heavy atom. The van der Waals surface area contributed by atoms with Gasteiger partial charge in [-0.3, -0.25) is 4.79 Å². The van der Waals surface area contributed by atoms with E-state index in [1.54, 1.807) is 12.1 Å². The molecule has 1 N–H and O–H groups in total. The molecule has 3 atom stereocenters. The average molecular weight is 824 g/mol. The van der Waals surface area contributed by atoms with E-state index < -0.39 is 5.41 Å². The summed E-state index contributed by atoms with van der Waals surface area (Å²) in [4.78, 5) is 21.7. The van der Waals surface area contributed by atoms with Crippen molar-refractivity contribution in [1.82, 2.24) is 0 Å². The summed E-state index contributed by atoms with van der Waals surface area (Å²) in [5, 5.41) is 10.0. The smallest absolute Gasteiger partial charge is 0.312 e. The minimum absolute atomic E-state index is 0.0109. The number of carbonyl (C=O) groups excluding carboxylic acids is 1. The zero-order valence-corrected chi connectivity index (χ0v) is 36.7. The van der Waals surface area contributed by atoms with Crippen molar-refractivity contribution in [3.05, 3.63) is 138 Å². The lowest BCUT2D eigenvalue weighted by molar-refractivity contribution is -0.220. The van der Waals surface area contributed by atoms with E-state index in [2.05, 4.69) is 125 Å². The van der Waals surface area contributed by atoms with Crippen LogP contribution in [0.5, 0.6) is 11.5 Å². The molecule has 4 aliphatic carbocycles. The van der Waals surface area contributed by atoms with Gasteiger partial charge in [0, 0.05) is 0 Å². The second-order valence-corrected chi connectivity index (χ2v) is 21.4. The molecule has 3 unspecified atom stereocenters.